The van der Waals surface area contributed by atoms with Gasteiger partial charge in [-0.1, -0.05) is 0 Å². The van der Waals surface area contributed by atoms with Gasteiger partial charge in [-0.25, -0.2) is 0 Å². The van der Waals surface area contributed by atoms with E-state index in [1.165, 1.54) is 0 Å². The van der Waals surface area contributed by atoms with Gasteiger partial charge in [0, 0.05) is 25.0 Å². The van der Waals surface area contributed by atoms with Crippen molar-refractivity contribution in [3.8, 4) is 0 Å². The third kappa shape index (κ3) is 1.38. The van der Waals surface area contributed by atoms with Gasteiger partial charge in [0.15, 0.2) is 0 Å². The molecule has 62 valence electrons. The fourth-order valence-corrected chi connectivity index (χ4v) is 1.86. The predicted molar refractivity (Wildman–Crippen MR) is 40.1 cm³/mol. The lowest BCUT2D eigenvalue weighted by Crippen LogP contribution is -2.32. The number of carbonyl (C=O) groups excluding carboxylic acids is 1. The summed E-state index contributed by atoms with van der Waals surface area (Å²) in [4.78, 5) is 10.9. The van der Waals surface area contributed by atoms with Gasteiger partial charge in [-0.2, -0.15) is 0 Å². The summed E-state index contributed by atoms with van der Waals surface area (Å²) < 4.78 is 5.25. The maximum Gasteiger partial charge on any atom is 0.220 e. The van der Waals surface area contributed by atoms with E-state index >= 15 is 0 Å². The van der Waals surface area contributed by atoms with E-state index in [1.807, 2.05) is 0 Å². The van der Waals surface area contributed by atoms with Crippen LogP contribution in [0.25, 0.3) is 0 Å². The maximum absolute atomic E-state index is 10.9. The minimum absolute atomic E-state index is 0.210. The van der Waals surface area contributed by atoms with Gasteiger partial charge in [0.1, 0.15) is 0 Å². The maximum atomic E-state index is 10.9. The van der Waals surface area contributed by atoms with Crippen LogP contribution in [0.4, 0.5) is 0 Å². The van der Waals surface area contributed by atoms with E-state index in [-0.39, 0.29) is 5.91 Å². The van der Waals surface area contributed by atoms with Crippen molar-refractivity contribution in [3.63, 3.8) is 0 Å². The predicted octanol–water partition coefficient (Wildman–Crippen LogP) is 0.301. The number of carbonyl (C=O) groups is 1. The van der Waals surface area contributed by atoms with Gasteiger partial charge in [0.2, 0.25) is 5.91 Å². The van der Waals surface area contributed by atoms with Crippen LogP contribution in [-0.2, 0) is 9.53 Å². The molecule has 0 aromatic carbocycles. The summed E-state index contributed by atoms with van der Waals surface area (Å²) >= 11 is 0. The molecule has 2 saturated heterocycles. The number of ether oxygens (including phenoxy) is 1. The Balaban J connectivity index is 1.90. The van der Waals surface area contributed by atoms with Gasteiger partial charge < -0.3 is 10.1 Å². The van der Waals surface area contributed by atoms with Crippen LogP contribution in [0, 0.1) is 5.92 Å². The van der Waals surface area contributed by atoms with Crippen molar-refractivity contribution in [2.75, 3.05) is 13.2 Å². The Hall–Kier alpha value is -0.570. The van der Waals surface area contributed by atoms with Gasteiger partial charge in [-0.3, -0.25) is 4.79 Å². The van der Waals surface area contributed by atoms with Crippen LogP contribution in [0.2, 0.25) is 0 Å². The molecule has 2 heterocycles. The molecule has 0 aliphatic carbocycles. The molecule has 3 nitrogen and oxygen atoms in total. The molecule has 0 bridgehead atoms. The van der Waals surface area contributed by atoms with Crippen LogP contribution in [0.15, 0.2) is 0 Å². The van der Waals surface area contributed by atoms with E-state index in [0.717, 1.165) is 26.1 Å². The Morgan fingerprint density at radius 2 is 2.36 bits per heavy atom. The topological polar surface area (TPSA) is 38.3 Å². The van der Waals surface area contributed by atoms with E-state index in [1.54, 1.807) is 0 Å². The van der Waals surface area contributed by atoms with E-state index in [0.29, 0.717) is 18.4 Å². The van der Waals surface area contributed by atoms with Crippen molar-refractivity contribution in [1.82, 2.24) is 5.32 Å². The average molecular weight is 155 g/mol. The zero-order valence-electron chi connectivity index (χ0n) is 6.51. The molecule has 2 rings (SSSR count). The summed E-state index contributed by atoms with van der Waals surface area (Å²) in [6.45, 7) is 1.71. The first-order valence-corrected chi connectivity index (χ1v) is 4.23. The molecule has 2 atom stereocenters. The molecule has 11 heavy (non-hydrogen) atoms. The Labute approximate surface area is 66.1 Å². The number of hydrogen-bond donors (Lipinski definition) is 1. The summed E-state index contributed by atoms with van der Waals surface area (Å²) in [5.74, 6) is 0.795. The number of amides is 1. The molecule has 0 aromatic heterocycles. The lowest BCUT2D eigenvalue weighted by Gasteiger charge is -2.15. The largest absolute Gasteiger partial charge is 0.381 e. The number of nitrogens with one attached hydrogen (secondary N) is 1. The molecule has 3 heteroatoms. The second-order valence-electron chi connectivity index (χ2n) is 3.34. The van der Waals surface area contributed by atoms with Gasteiger partial charge in [-0.15, -0.1) is 0 Å². The molecule has 0 saturated carbocycles. The zero-order valence-corrected chi connectivity index (χ0v) is 6.51. The number of rotatable bonds is 1. The third-order valence-corrected chi connectivity index (χ3v) is 2.56. The molecule has 1 N–H and O–H groups in total. The van der Waals surface area contributed by atoms with E-state index in [4.69, 9.17) is 4.74 Å². The normalized spacial score (nSPS) is 37.6. The van der Waals surface area contributed by atoms with E-state index in [2.05, 4.69) is 5.32 Å². The van der Waals surface area contributed by atoms with Crippen molar-refractivity contribution in [1.29, 1.82) is 0 Å². The van der Waals surface area contributed by atoms with Crippen LogP contribution in [-0.4, -0.2) is 25.2 Å². The summed E-state index contributed by atoms with van der Waals surface area (Å²) in [6, 6.07) is 0.407. The Morgan fingerprint density at radius 1 is 1.45 bits per heavy atom. The van der Waals surface area contributed by atoms with Gasteiger partial charge in [0.05, 0.1) is 6.61 Å². The van der Waals surface area contributed by atoms with Crippen LogP contribution in [0.3, 0.4) is 0 Å². The molecule has 0 radical (unpaired) electrons. The summed E-state index contributed by atoms with van der Waals surface area (Å²) in [5.41, 5.74) is 0. The van der Waals surface area contributed by atoms with Crippen LogP contribution < -0.4 is 5.32 Å². The quantitative estimate of drug-likeness (QED) is 0.591. The monoisotopic (exact) mass is 155 g/mol. The summed E-state index contributed by atoms with van der Waals surface area (Å²) in [6.07, 6.45) is 2.83. The highest BCUT2D eigenvalue weighted by Crippen LogP contribution is 2.22. The molecule has 2 aliphatic rings. The van der Waals surface area contributed by atoms with Crippen LogP contribution in [0.1, 0.15) is 19.3 Å². The van der Waals surface area contributed by atoms with Gasteiger partial charge in [0.25, 0.3) is 0 Å². The molecule has 2 fully saturated rings. The van der Waals surface area contributed by atoms with Crippen molar-refractivity contribution in [2.24, 2.45) is 5.92 Å². The summed E-state index contributed by atoms with van der Waals surface area (Å²) in [5, 5.41) is 2.98. The van der Waals surface area contributed by atoms with E-state index < -0.39 is 0 Å². The first-order valence-electron chi connectivity index (χ1n) is 4.23. The standard InChI is InChI=1S/C8H13NO2/c10-8-2-1-7(9-8)6-3-4-11-5-6/h6-7H,1-5H2,(H,9,10). The van der Waals surface area contributed by atoms with Gasteiger partial charge in [-0.05, 0) is 12.8 Å². The SMILES string of the molecule is O=C1CCC(C2CCOC2)N1. The summed E-state index contributed by atoms with van der Waals surface area (Å²) in [7, 11) is 0. The smallest absolute Gasteiger partial charge is 0.220 e. The zero-order chi connectivity index (χ0) is 7.68. The lowest BCUT2D eigenvalue weighted by atomic mass is 9.98. The highest BCUT2D eigenvalue weighted by Gasteiger charge is 2.30. The number of hydrogen-bond acceptors (Lipinski definition) is 2. The Bertz CT molecular complexity index is 163. The van der Waals surface area contributed by atoms with Crippen molar-refractivity contribution < 1.29 is 9.53 Å². The fourth-order valence-electron chi connectivity index (χ4n) is 1.86. The van der Waals surface area contributed by atoms with E-state index in [9.17, 15) is 4.79 Å². The second-order valence-corrected chi connectivity index (χ2v) is 3.34. The third-order valence-electron chi connectivity index (χ3n) is 2.56. The first kappa shape index (κ1) is 7.10. The molecule has 0 aromatic rings. The minimum Gasteiger partial charge on any atom is -0.381 e. The van der Waals surface area contributed by atoms with Gasteiger partial charge >= 0.3 is 0 Å². The second kappa shape index (κ2) is 2.81. The molecule has 0 spiro atoms. The van der Waals surface area contributed by atoms with Crippen LogP contribution >= 0.6 is 0 Å². The Morgan fingerprint density at radius 3 is 2.91 bits per heavy atom. The van der Waals surface area contributed by atoms with Crippen molar-refractivity contribution in [2.45, 2.75) is 25.3 Å². The molecular weight excluding hydrogens is 142 g/mol. The average Bonchev–Trinajstić information content (AvgIpc) is 2.55. The van der Waals surface area contributed by atoms with Crippen LogP contribution in [0.5, 0.6) is 0 Å². The highest BCUT2D eigenvalue weighted by atomic mass is 16.5. The highest BCUT2D eigenvalue weighted by molar-refractivity contribution is 5.78. The molecule has 2 unspecified atom stereocenters. The fraction of sp³-hybridized carbons (Fsp3) is 0.875. The lowest BCUT2D eigenvalue weighted by molar-refractivity contribution is -0.119. The molecule has 1 amide bonds. The first-order chi connectivity index (χ1) is 5.36. The van der Waals surface area contributed by atoms with Crippen molar-refractivity contribution in [3.05, 3.63) is 0 Å². The minimum atomic E-state index is 0.210. The molecular formula is C8H13NO2. The van der Waals surface area contributed by atoms with Crippen molar-refractivity contribution >= 4 is 5.91 Å². The Kier molecular flexibility index (Phi) is 1.82. The molecule has 2 aliphatic heterocycles.